The maximum absolute atomic E-state index is 5.79. The molecule has 1 saturated heterocycles. The highest BCUT2D eigenvalue weighted by molar-refractivity contribution is 5.79. The maximum atomic E-state index is 5.79. The summed E-state index contributed by atoms with van der Waals surface area (Å²) in [6.07, 6.45) is 6.56. The predicted molar refractivity (Wildman–Crippen MR) is 108 cm³/mol. The number of aliphatic imine (C=N–C) groups is 1. The van der Waals surface area contributed by atoms with Crippen LogP contribution in [0.25, 0.3) is 0 Å². The van der Waals surface area contributed by atoms with Crippen molar-refractivity contribution >= 4 is 5.96 Å². The second kappa shape index (κ2) is 13.4. The van der Waals surface area contributed by atoms with E-state index in [4.69, 9.17) is 4.74 Å². The topological polar surface area (TPSA) is 48.9 Å². The lowest BCUT2D eigenvalue weighted by Gasteiger charge is -2.30. The van der Waals surface area contributed by atoms with Crippen LogP contribution in [0.1, 0.15) is 59.8 Å². The van der Waals surface area contributed by atoms with Gasteiger partial charge in [0.1, 0.15) is 0 Å². The highest BCUT2D eigenvalue weighted by Gasteiger charge is 2.15. The minimum atomic E-state index is 0.322. The molecule has 0 spiro atoms. The highest BCUT2D eigenvalue weighted by atomic mass is 16.5. The SMILES string of the molecule is CCOC(CCNC(=NC)NCCCCN1CCCC(C)C1)C(C)C. The molecule has 1 rings (SSSR count). The smallest absolute Gasteiger partial charge is 0.190 e. The number of ether oxygens (including phenoxy) is 1. The van der Waals surface area contributed by atoms with Gasteiger partial charge in [-0.15, -0.1) is 0 Å². The van der Waals surface area contributed by atoms with Crippen molar-refractivity contribution in [1.29, 1.82) is 0 Å². The van der Waals surface area contributed by atoms with Gasteiger partial charge in [-0.25, -0.2) is 0 Å². The number of hydrogen-bond acceptors (Lipinski definition) is 3. The van der Waals surface area contributed by atoms with Gasteiger partial charge in [-0.1, -0.05) is 20.8 Å². The zero-order valence-electron chi connectivity index (χ0n) is 17.3. The van der Waals surface area contributed by atoms with Crippen LogP contribution in [0, 0.1) is 11.8 Å². The van der Waals surface area contributed by atoms with Gasteiger partial charge < -0.3 is 20.3 Å². The number of piperidine rings is 1. The summed E-state index contributed by atoms with van der Waals surface area (Å²) in [7, 11) is 1.84. The molecule has 5 heteroatoms. The first kappa shape index (κ1) is 22.2. The summed E-state index contributed by atoms with van der Waals surface area (Å²) in [5.74, 6) is 2.33. The van der Waals surface area contributed by atoms with Crippen molar-refractivity contribution in [2.45, 2.75) is 65.9 Å². The van der Waals surface area contributed by atoms with E-state index in [2.05, 4.69) is 48.2 Å². The Balaban J connectivity index is 2.09. The Labute approximate surface area is 156 Å². The third kappa shape index (κ3) is 10.0. The van der Waals surface area contributed by atoms with Gasteiger partial charge in [0.15, 0.2) is 5.96 Å². The van der Waals surface area contributed by atoms with Crippen LogP contribution in [-0.2, 0) is 4.74 Å². The van der Waals surface area contributed by atoms with Crippen molar-refractivity contribution in [2.24, 2.45) is 16.8 Å². The zero-order chi connectivity index (χ0) is 18.5. The van der Waals surface area contributed by atoms with Crippen LogP contribution in [0.3, 0.4) is 0 Å². The third-order valence-corrected chi connectivity index (χ3v) is 5.00. The van der Waals surface area contributed by atoms with Crippen LogP contribution in [0.15, 0.2) is 4.99 Å². The quantitative estimate of drug-likeness (QED) is 0.340. The third-order valence-electron chi connectivity index (χ3n) is 5.00. The molecule has 0 aromatic carbocycles. The molecule has 25 heavy (non-hydrogen) atoms. The molecule has 0 aromatic rings. The summed E-state index contributed by atoms with van der Waals surface area (Å²) in [6.45, 7) is 15.4. The van der Waals surface area contributed by atoms with E-state index in [0.717, 1.165) is 38.0 Å². The van der Waals surface area contributed by atoms with Crippen molar-refractivity contribution in [3.8, 4) is 0 Å². The summed E-state index contributed by atoms with van der Waals surface area (Å²) in [4.78, 5) is 6.94. The normalized spacial score (nSPS) is 20.7. The molecule has 0 bridgehead atoms. The van der Waals surface area contributed by atoms with Crippen LogP contribution in [0.2, 0.25) is 0 Å². The van der Waals surface area contributed by atoms with E-state index < -0.39 is 0 Å². The van der Waals surface area contributed by atoms with Crippen LogP contribution in [0.4, 0.5) is 0 Å². The fourth-order valence-corrected chi connectivity index (χ4v) is 3.53. The molecule has 0 aliphatic carbocycles. The van der Waals surface area contributed by atoms with E-state index >= 15 is 0 Å². The minimum absolute atomic E-state index is 0.322. The van der Waals surface area contributed by atoms with Gasteiger partial charge in [0.2, 0.25) is 0 Å². The Morgan fingerprint density at radius 1 is 1.24 bits per heavy atom. The first-order chi connectivity index (χ1) is 12.1. The summed E-state index contributed by atoms with van der Waals surface area (Å²) in [6, 6.07) is 0. The van der Waals surface area contributed by atoms with Crippen molar-refractivity contribution in [1.82, 2.24) is 15.5 Å². The van der Waals surface area contributed by atoms with Gasteiger partial charge in [0, 0.05) is 33.3 Å². The van der Waals surface area contributed by atoms with Crippen molar-refractivity contribution < 1.29 is 4.74 Å². The molecule has 148 valence electrons. The number of nitrogens with one attached hydrogen (secondary N) is 2. The Hall–Kier alpha value is -0.810. The lowest BCUT2D eigenvalue weighted by Crippen LogP contribution is -2.40. The number of hydrogen-bond donors (Lipinski definition) is 2. The summed E-state index contributed by atoms with van der Waals surface area (Å²) in [5.41, 5.74) is 0. The molecule has 0 aromatic heterocycles. The highest BCUT2D eigenvalue weighted by Crippen LogP contribution is 2.15. The summed E-state index contributed by atoms with van der Waals surface area (Å²) in [5, 5.41) is 6.84. The van der Waals surface area contributed by atoms with Crippen molar-refractivity contribution in [2.75, 3.05) is 46.4 Å². The Morgan fingerprint density at radius 3 is 2.64 bits per heavy atom. The van der Waals surface area contributed by atoms with E-state index in [9.17, 15) is 0 Å². The van der Waals surface area contributed by atoms with E-state index in [1.807, 2.05) is 7.05 Å². The van der Waals surface area contributed by atoms with Gasteiger partial charge >= 0.3 is 0 Å². The van der Waals surface area contributed by atoms with Crippen LogP contribution < -0.4 is 10.6 Å². The molecule has 1 heterocycles. The van der Waals surface area contributed by atoms with Crippen molar-refractivity contribution in [3.63, 3.8) is 0 Å². The van der Waals surface area contributed by atoms with Crippen LogP contribution in [0.5, 0.6) is 0 Å². The molecule has 0 radical (unpaired) electrons. The second-order valence-corrected chi connectivity index (χ2v) is 7.71. The summed E-state index contributed by atoms with van der Waals surface area (Å²) >= 11 is 0. The zero-order valence-corrected chi connectivity index (χ0v) is 17.3. The Morgan fingerprint density at radius 2 is 2.00 bits per heavy atom. The summed E-state index contributed by atoms with van der Waals surface area (Å²) < 4.78 is 5.79. The van der Waals surface area contributed by atoms with E-state index in [-0.39, 0.29) is 0 Å². The lowest BCUT2D eigenvalue weighted by molar-refractivity contribution is 0.0258. The molecule has 1 aliphatic heterocycles. The van der Waals surface area contributed by atoms with Gasteiger partial charge in [-0.05, 0) is 64.0 Å². The molecule has 1 fully saturated rings. The number of unbranched alkanes of at least 4 members (excludes halogenated alkanes) is 1. The van der Waals surface area contributed by atoms with Crippen LogP contribution in [-0.4, -0.2) is 63.3 Å². The molecule has 5 nitrogen and oxygen atoms in total. The fraction of sp³-hybridized carbons (Fsp3) is 0.950. The number of likely N-dealkylation sites (tertiary alicyclic amines) is 1. The largest absolute Gasteiger partial charge is 0.378 e. The van der Waals surface area contributed by atoms with Crippen LogP contribution >= 0.6 is 0 Å². The number of nitrogens with zero attached hydrogens (tertiary/aromatic N) is 2. The number of rotatable bonds is 11. The monoisotopic (exact) mass is 354 g/mol. The molecule has 2 unspecified atom stereocenters. The van der Waals surface area contributed by atoms with Gasteiger partial charge in [-0.3, -0.25) is 4.99 Å². The minimum Gasteiger partial charge on any atom is -0.378 e. The van der Waals surface area contributed by atoms with Gasteiger partial charge in [-0.2, -0.15) is 0 Å². The van der Waals surface area contributed by atoms with E-state index in [0.29, 0.717) is 12.0 Å². The average Bonchev–Trinajstić information content (AvgIpc) is 2.59. The molecule has 2 atom stereocenters. The number of guanidine groups is 1. The standard InChI is InChI=1S/C20H42N4O/c1-6-25-19(17(2)3)11-13-23-20(21-5)22-12-7-8-14-24-15-9-10-18(4)16-24/h17-19H,6-16H2,1-5H3,(H2,21,22,23). The van der Waals surface area contributed by atoms with E-state index in [1.54, 1.807) is 0 Å². The Kier molecular flexibility index (Phi) is 11.9. The molecular formula is C20H42N4O. The first-order valence-electron chi connectivity index (χ1n) is 10.3. The molecule has 1 aliphatic rings. The van der Waals surface area contributed by atoms with Gasteiger partial charge in [0.25, 0.3) is 0 Å². The lowest BCUT2D eigenvalue weighted by atomic mass is 10.0. The second-order valence-electron chi connectivity index (χ2n) is 7.71. The average molecular weight is 355 g/mol. The molecule has 0 amide bonds. The first-order valence-corrected chi connectivity index (χ1v) is 10.3. The molecule has 2 N–H and O–H groups in total. The van der Waals surface area contributed by atoms with Gasteiger partial charge in [0.05, 0.1) is 6.10 Å². The molecular weight excluding hydrogens is 312 g/mol. The van der Waals surface area contributed by atoms with Crippen molar-refractivity contribution in [3.05, 3.63) is 0 Å². The fourth-order valence-electron chi connectivity index (χ4n) is 3.53. The predicted octanol–water partition coefficient (Wildman–Crippen LogP) is 3.11. The molecule has 0 saturated carbocycles. The Bertz CT molecular complexity index is 360. The van der Waals surface area contributed by atoms with E-state index in [1.165, 1.54) is 45.3 Å². The maximum Gasteiger partial charge on any atom is 0.190 e.